The predicted octanol–water partition coefficient (Wildman–Crippen LogP) is 4.05. The molecule has 0 aliphatic rings. The van der Waals surface area contributed by atoms with Crippen LogP contribution in [-0.2, 0) is 6.54 Å². The molecule has 0 aliphatic heterocycles. The highest BCUT2D eigenvalue weighted by molar-refractivity contribution is 5.81. The number of fused-ring (bicyclic) bond motifs is 1. The van der Waals surface area contributed by atoms with Gasteiger partial charge in [0.2, 0.25) is 0 Å². The van der Waals surface area contributed by atoms with Crippen molar-refractivity contribution in [2.75, 3.05) is 11.4 Å². The molecule has 124 valence electrons. The highest BCUT2D eigenvalue weighted by Gasteiger charge is 2.09. The molecule has 0 aliphatic carbocycles. The molecule has 1 N–H and O–H groups in total. The average molecular weight is 329 g/mol. The van der Waals surface area contributed by atoms with Gasteiger partial charge in [-0.25, -0.2) is 4.98 Å². The minimum atomic E-state index is 0.824. The van der Waals surface area contributed by atoms with Gasteiger partial charge in [0.15, 0.2) is 0 Å². The molecule has 4 rings (SSSR count). The third-order valence-corrected chi connectivity index (χ3v) is 4.28. The maximum Gasteiger partial charge on any atom is 0.148 e. The number of aromatic amines is 1. The van der Waals surface area contributed by atoms with Gasteiger partial charge in [0.1, 0.15) is 5.82 Å². The van der Waals surface area contributed by atoms with Gasteiger partial charge in [-0.1, -0.05) is 36.4 Å². The predicted molar refractivity (Wildman–Crippen MR) is 100 cm³/mol. The molecule has 5 heteroatoms. The SMILES string of the molecule is CCN(Cc1ccccc1)c1cnc2cc(-c3cn[nH]c3)ccc2n1. The lowest BCUT2D eigenvalue weighted by molar-refractivity contribution is 0.813. The number of nitrogens with zero attached hydrogens (tertiary/aromatic N) is 4. The van der Waals surface area contributed by atoms with Gasteiger partial charge in [0.05, 0.1) is 23.4 Å². The van der Waals surface area contributed by atoms with Gasteiger partial charge < -0.3 is 4.90 Å². The lowest BCUT2D eigenvalue weighted by Crippen LogP contribution is -2.23. The third-order valence-electron chi connectivity index (χ3n) is 4.28. The maximum absolute atomic E-state index is 4.80. The standard InChI is InChI=1S/C20H19N5/c1-2-25(14-15-6-4-3-5-7-15)20-13-21-19-10-16(8-9-18(19)24-20)17-11-22-23-12-17/h3-13H,2,14H2,1H3,(H,22,23). The second-order valence-corrected chi connectivity index (χ2v) is 5.92. The Morgan fingerprint density at radius 2 is 1.84 bits per heavy atom. The quantitative estimate of drug-likeness (QED) is 0.600. The summed E-state index contributed by atoms with van der Waals surface area (Å²) in [6, 6.07) is 16.5. The zero-order chi connectivity index (χ0) is 17.1. The fraction of sp³-hybridized carbons (Fsp3) is 0.150. The summed E-state index contributed by atoms with van der Waals surface area (Å²) in [5.41, 5.74) is 5.18. The van der Waals surface area contributed by atoms with Crippen LogP contribution in [0.3, 0.4) is 0 Å². The van der Waals surface area contributed by atoms with Crippen molar-refractivity contribution in [3.8, 4) is 11.1 Å². The van der Waals surface area contributed by atoms with Crippen LogP contribution in [0.5, 0.6) is 0 Å². The molecular formula is C20H19N5. The van der Waals surface area contributed by atoms with E-state index in [0.29, 0.717) is 0 Å². The number of aromatic nitrogens is 4. The fourth-order valence-electron chi connectivity index (χ4n) is 2.90. The van der Waals surface area contributed by atoms with Crippen molar-refractivity contribution in [1.82, 2.24) is 20.2 Å². The summed E-state index contributed by atoms with van der Waals surface area (Å²) in [6.07, 6.45) is 5.54. The van der Waals surface area contributed by atoms with Gasteiger partial charge >= 0.3 is 0 Å². The van der Waals surface area contributed by atoms with Crippen LogP contribution in [0.4, 0.5) is 5.82 Å². The molecule has 0 saturated carbocycles. The summed E-state index contributed by atoms with van der Waals surface area (Å²) >= 11 is 0. The Labute approximate surface area is 146 Å². The van der Waals surface area contributed by atoms with E-state index in [0.717, 1.165) is 41.1 Å². The zero-order valence-electron chi connectivity index (χ0n) is 14.1. The summed E-state index contributed by atoms with van der Waals surface area (Å²) in [5, 5.41) is 6.84. The Hall–Kier alpha value is -3.21. The van der Waals surface area contributed by atoms with Crippen molar-refractivity contribution in [3.63, 3.8) is 0 Å². The number of nitrogens with one attached hydrogen (secondary N) is 1. The van der Waals surface area contributed by atoms with Crippen LogP contribution < -0.4 is 4.90 Å². The summed E-state index contributed by atoms with van der Waals surface area (Å²) in [6.45, 7) is 3.84. The molecule has 2 heterocycles. The molecular weight excluding hydrogens is 310 g/mol. The van der Waals surface area contributed by atoms with Gasteiger partial charge in [0, 0.05) is 24.8 Å². The first-order valence-corrected chi connectivity index (χ1v) is 8.38. The first-order chi connectivity index (χ1) is 12.3. The van der Waals surface area contributed by atoms with Crippen molar-refractivity contribution in [2.24, 2.45) is 0 Å². The monoisotopic (exact) mass is 329 g/mol. The van der Waals surface area contributed by atoms with E-state index < -0.39 is 0 Å². The zero-order valence-corrected chi connectivity index (χ0v) is 14.1. The first kappa shape index (κ1) is 15.3. The van der Waals surface area contributed by atoms with Crippen molar-refractivity contribution in [2.45, 2.75) is 13.5 Å². The Morgan fingerprint density at radius 3 is 2.60 bits per heavy atom. The minimum absolute atomic E-state index is 0.824. The van der Waals surface area contributed by atoms with E-state index in [1.165, 1.54) is 5.56 Å². The van der Waals surface area contributed by atoms with Crippen molar-refractivity contribution in [1.29, 1.82) is 0 Å². The van der Waals surface area contributed by atoms with Gasteiger partial charge in [-0.15, -0.1) is 0 Å². The number of rotatable bonds is 5. The van der Waals surface area contributed by atoms with E-state index in [4.69, 9.17) is 4.98 Å². The molecule has 0 atom stereocenters. The Balaban J connectivity index is 1.65. The molecule has 0 unspecified atom stereocenters. The smallest absolute Gasteiger partial charge is 0.148 e. The first-order valence-electron chi connectivity index (χ1n) is 8.38. The Bertz CT molecular complexity index is 964. The molecule has 0 fully saturated rings. The number of hydrogen-bond acceptors (Lipinski definition) is 4. The van der Waals surface area contributed by atoms with Crippen molar-refractivity contribution >= 4 is 16.9 Å². The second-order valence-electron chi connectivity index (χ2n) is 5.92. The maximum atomic E-state index is 4.80. The third kappa shape index (κ3) is 3.21. The highest BCUT2D eigenvalue weighted by atomic mass is 15.2. The minimum Gasteiger partial charge on any atom is -0.351 e. The number of H-pyrrole nitrogens is 1. The molecule has 0 bridgehead atoms. The average Bonchev–Trinajstić information content (AvgIpc) is 3.21. The molecule has 0 saturated heterocycles. The van der Waals surface area contributed by atoms with Crippen LogP contribution in [-0.4, -0.2) is 26.7 Å². The van der Waals surface area contributed by atoms with Crippen LogP contribution in [0.15, 0.2) is 67.1 Å². The molecule has 0 spiro atoms. The van der Waals surface area contributed by atoms with Crippen LogP contribution in [0.1, 0.15) is 12.5 Å². The van der Waals surface area contributed by atoms with E-state index in [-0.39, 0.29) is 0 Å². The molecule has 0 radical (unpaired) electrons. The number of hydrogen-bond donors (Lipinski definition) is 1. The fourth-order valence-corrected chi connectivity index (χ4v) is 2.90. The lowest BCUT2D eigenvalue weighted by atomic mass is 10.1. The van der Waals surface area contributed by atoms with Gasteiger partial charge in [-0.2, -0.15) is 5.10 Å². The molecule has 2 aromatic carbocycles. The molecule has 0 amide bonds. The van der Waals surface area contributed by atoms with Crippen molar-refractivity contribution in [3.05, 3.63) is 72.7 Å². The van der Waals surface area contributed by atoms with E-state index in [1.807, 2.05) is 36.8 Å². The van der Waals surface area contributed by atoms with E-state index >= 15 is 0 Å². The van der Waals surface area contributed by atoms with Crippen molar-refractivity contribution < 1.29 is 0 Å². The lowest BCUT2D eigenvalue weighted by Gasteiger charge is -2.22. The van der Waals surface area contributed by atoms with E-state index in [9.17, 15) is 0 Å². The second kappa shape index (κ2) is 6.73. The summed E-state index contributed by atoms with van der Waals surface area (Å²) in [4.78, 5) is 11.7. The topological polar surface area (TPSA) is 57.7 Å². The van der Waals surface area contributed by atoms with Crippen LogP contribution in [0.25, 0.3) is 22.2 Å². The molecule has 25 heavy (non-hydrogen) atoms. The van der Waals surface area contributed by atoms with Gasteiger partial charge in [-0.05, 0) is 30.2 Å². The molecule has 5 nitrogen and oxygen atoms in total. The van der Waals surface area contributed by atoms with Gasteiger partial charge in [0.25, 0.3) is 0 Å². The summed E-state index contributed by atoms with van der Waals surface area (Å²) in [7, 11) is 0. The normalized spacial score (nSPS) is 10.9. The largest absolute Gasteiger partial charge is 0.351 e. The van der Waals surface area contributed by atoms with Crippen LogP contribution in [0.2, 0.25) is 0 Å². The van der Waals surface area contributed by atoms with Crippen LogP contribution in [0, 0.1) is 0 Å². The van der Waals surface area contributed by atoms with E-state index in [1.54, 1.807) is 0 Å². The van der Waals surface area contributed by atoms with Gasteiger partial charge in [-0.3, -0.25) is 10.1 Å². The van der Waals surface area contributed by atoms with Crippen LogP contribution >= 0.6 is 0 Å². The van der Waals surface area contributed by atoms with E-state index in [2.05, 4.69) is 57.3 Å². The summed E-state index contributed by atoms with van der Waals surface area (Å²) < 4.78 is 0. The number of benzene rings is 2. The number of anilines is 1. The Morgan fingerprint density at radius 1 is 0.960 bits per heavy atom. The highest BCUT2D eigenvalue weighted by Crippen LogP contribution is 2.23. The molecule has 2 aromatic heterocycles. The molecule has 4 aromatic rings. The Kier molecular flexibility index (Phi) is 4.12. The summed E-state index contributed by atoms with van der Waals surface area (Å²) in [5.74, 6) is 0.898.